The van der Waals surface area contributed by atoms with Crippen LogP contribution < -0.4 is 15.4 Å². The monoisotopic (exact) mass is 586 g/mol. The molecule has 1 aliphatic heterocycles. The van der Waals surface area contributed by atoms with Gasteiger partial charge in [0.2, 0.25) is 0 Å². The Balaban J connectivity index is 1.56. The Kier molecular flexibility index (Phi) is 9.00. The maximum atomic E-state index is 14.9. The molecular weight excluding hydrogens is 555 g/mol. The summed E-state index contributed by atoms with van der Waals surface area (Å²) in [4.78, 5) is 16.3. The van der Waals surface area contributed by atoms with Crippen molar-refractivity contribution in [2.24, 2.45) is 0 Å². The van der Waals surface area contributed by atoms with Crippen LogP contribution >= 0.6 is 0 Å². The lowest BCUT2D eigenvalue weighted by atomic mass is 10.1. The quantitative estimate of drug-likeness (QED) is 0.165. The van der Waals surface area contributed by atoms with Crippen LogP contribution in [0.1, 0.15) is 18.4 Å². The molecule has 3 aromatic rings. The number of nitrogens with one attached hydrogen (secondary N) is 2. The summed E-state index contributed by atoms with van der Waals surface area (Å²) in [6.07, 6.45) is -1.30. The van der Waals surface area contributed by atoms with Gasteiger partial charge in [0.15, 0.2) is 17.4 Å². The van der Waals surface area contributed by atoms with Gasteiger partial charge in [-0.15, -0.1) is 0 Å². The first-order valence-corrected chi connectivity index (χ1v) is 16.5. The van der Waals surface area contributed by atoms with Gasteiger partial charge in [-0.05, 0) is 25.0 Å². The molecular formula is C26H31F5N4O4Si. The smallest absolute Gasteiger partial charge is 0.418 e. The number of ether oxygens (including phenoxy) is 3. The van der Waals surface area contributed by atoms with E-state index in [0.29, 0.717) is 26.2 Å². The number of fused-ring (bicyclic) bond motifs is 1. The molecule has 1 aliphatic rings. The van der Waals surface area contributed by atoms with Crippen molar-refractivity contribution in [2.75, 3.05) is 25.1 Å². The highest BCUT2D eigenvalue weighted by molar-refractivity contribution is 6.76. The number of alkyl halides is 3. The molecule has 0 bridgehead atoms. The van der Waals surface area contributed by atoms with Gasteiger partial charge in [0.25, 0.3) is 0 Å². The third kappa shape index (κ3) is 7.49. The third-order valence-corrected chi connectivity index (χ3v) is 7.92. The highest BCUT2D eigenvalue weighted by Crippen LogP contribution is 2.42. The number of amides is 2. The zero-order valence-electron chi connectivity index (χ0n) is 22.3. The normalized spacial score (nSPS) is 16.2. The van der Waals surface area contributed by atoms with Gasteiger partial charge in [-0.3, -0.25) is 0 Å². The summed E-state index contributed by atoms with van der Waals surface area (Å²) in [6, 6.07) is 2.63. The predicted octanol–water partition coefficient (Wildman–Crippen LogP) is 6.74. The molecule has 0 saturated carbocycles. The number of pyridine rings is 1. The number of carbonyl (C=O) groups is 1. The van der Waals surface area contributed by atoms with Gasteiger partial charge in [-0.1, -0.05) is 19.6 Å². The summed E-state index contributed by atoms with van der Waals surface area (Å²) in [6.45, 7) is 7.56. The van der Waals surface area contributed by atoms with Crippen LogP contribution in [0.25, 0.3) is 11.0 Å². The summed E-state index contributed by atoms with van der Waals surface area (Å²) in [5.41, 5.74) is -1.39. The molecule has 4 rings (SSSR count). The van der Waals surface area contributed by atoms with Gasteiger partial charge in [0, 0.05) is 51.5 Å². The summed E-state index contributed by atoms with van der Waals surface area (Å²) in [5, 5.41) is 4.54. The number of aromatic nitrogens is 2. The van der Waals surface area contributed by atoms with Crippen LogP contribution in [0.4, 0.5) is 32.4 Å². The number of hydrogen-bond acceptors (Lipinski definition) is 5. The minimum Gasteiger partial charge on any atom is -0.450 e. The Morgan fingerprint density at radius 3 is 2.58 bits per heavy atom. The van der Waals surface area contributed by atoms with E-state index in [9.17, 15) is 26.7 Å². The fraction of sp³-hybridized carbons (Fsp3) is 0.462. The van der Waals surface area contributed by atoms with Gasteiger partial charge < -0.3 is 29.4 Å². The van der Waals surface area contributed by atoms with Crippen molar-refractivity contribution in [1.82, 2.24) is 14.9 Å². The third-order valence-electron chi connectivity index (χ3n) is 6.21. The minimum absolute atomic E-state index is 0.111. The predicted molar refractivity (Wildman–Crippen MR) is 141 cm³/mol. The number of hydrogen-bond donors (Lipinski definition) is 2. The first-order valence-electron chi connectivity index (χ1n) is 12.8. The Hall–Kier alpha value is -3.23. The maximum Gasteiger partial charge on any atom is 0.418 e. The number of nitrogens with zero attached hydrogens (tertiary/aromatic N) is 2. The van der Waals surface area contributed by atoms with Crippen molar-refractivity contribution < 1.29 is 41.0 Å². The molecule has 0 radical (unpaired) electrons. The van der Waals surface area contributed by atoms with Crippen LogP contribution in [0.3, 0.4) is 0 Å². The Bertz CT molecular complexity index is 1330. The molecule has 2 aromatic heterocycles. The number of halogens is 5. The largest absolute Gasteiger partial charge is 0.450 e. The van der Waals surface area contributed by atoms with E-state index in [2.05, 4.69) is 35.3 Å². The van der Waals surface area contributed by atoms with Crippen molar-refractivity contribution in [2.45, 2.75) is 57.5 Å². The number of benzene rings is 1. The molecule has 2 N–H and O–H groups in total. The van der Waals surface area contributed by atoms with E-state index >= 15 is 0 Å². The second-order valence-electron chi connectivity index (χ2n) is 10.7. The van der Waals surface area contributed by atoms with Crippen molar-refractivity contribution >= 4 is 30.8 Å². The van der Waals surface area contributed by atoms with Crippen LogP contribution in [0.15, 0.2) is 30.6 Å². The van der Waals surface area contributed by atoms with E-state index in [-0.39, 0.29) is 24.1 Å². The molecule has 14 heteroatoms. The Morgan fingerprint density at radius 1 is 1.23 bits per heavy atom. The van der Waals surface area contributed by atoms with Gasteiger partial charge in [-0.25, -0.2) is 18.6 Å². The molecule has 40 heavy (non-hydrogen) atoms. The van der Waals surface area contributed by atoms with E-state index in [1.54, 1.807) is 0 Å². The van der Waals surface area contributed by atoms with Gasteiger partial charge in [0.05, 0.1) is 23.6 Å². The topological polar surface area (TPSA) is 86.6 Å². The lowest BCUT2D eigenvalue weighted by Gasteiger charge is -2.23. The van der Waals surface area contributed by atoms with Crippen LogP contribution in [-0.2, 0) is 22.4 Å². The first-order chi connectivity index (χ1) is 18.8. The molecule has 0 aliphatic carbocycles. The Morgan fingerprint density at radius 2 is 1.95 bits per heavy atom. The molecule has 0 spiro atoms. The molecule has 2 amide bonds. The second kappa shape index (κ2) is 12.1. The molecule has 1 fully saturated rings. The van der Waals surface area contributed by atoms with E-state index < -0.39 is 54.4 Å². The average Bonchev–Trinajstić information content (AvgIpc) is 3.24. The lowest BCUT2D eigenvalue weighted by Crippen LogP contribution is -2.42. The van der Waals surface area contributed by atoms with Gasteiger partial charge >= 0.3 is 12.2 Å². The second-order valence-corrected chi connectivity index (χ2v) is 16.4. The standard InChI is InChI=1S/C26H31F5N4O4Si/c1-40(2,3)10-9-38-15-35-13-18(26(29,30)31)22-21(6-7-32-24(22)35)39-23-19(27)11-17(12-20(23)28)34-25(36)33-16-5-4-8-37-14-16/h6-7,11-13,16H,4-5,8-10,14-15H2,1-3H3,(H2,33,34,36). The maximum absolute atomic E-state index is 14.9. The van der Waals surface area contributed by atoms with Crippen molar-refractivity contribution in [1.29, 1.82) is 0 Å². The van der Waals surface area contributed by atoms with Crippen LogP contribution in [0, 0.1) is 11.6 Å². The fourth-order valence-electron chi connectivity index (χ4n) is 4.17. The molecule has 1 unspecified atom stereocenters. The van der Waals surface area contributed by atoms with E-state index in [4.69, 9.17) is 14.2 Å². The summed E-state index contributed by atoms with van der Waals surface area (Å²) in [7, 11) is -1.41. The first kappa shape index (κ1) is 29.7. The SMILES string of the molecule is C[Si](C)(C)CCOCn1cc(C(F)(F)F)c2c(Oc3c(F)cc(NC(=O)NC4CCCOC4)cc3F)ccnc21. The number of carbonyl (C=O) groups excluding carboxylic acids is 1. The Labute approximate surface area is 228 Å². The number of anilines is 1. The highest BCUT2D eigenvalue weighted by atomic mass is 28.3. The number of urea groups is 1. The van der Waals surface area contributed by atoms with Gasteiger partial charge in [-0.2, -0.15) is 13.2 Å². The van der Waals surface area contributed by atoms with E-state index in [1.165, 1.54) is 10.8 Å². The number of rotatable bonds is 9. The lowest BCUT2D eigenvalue weighted by molar-refractivity contribution is -0.136. The summed E-state index contributed by atoms with van der Waals surface area (Å²) < 4.78 is 89.2. The molecule has 1 atom stereocenters. The molecule has 1 saturated heterocycles. The van der Waals surface area contributed by atoms with Gasteiger partial charge in [0.1, 0.15) is 18.1 Å². The van der Waals surface area contributed by atoms with Crippen LogP contribution in [-0.4, -0.2) is 49.5 Å². The average molecular weight is 587 g/mol. The molecule has 8 nitrogen and oxygen atoms in total. The zero-order valence-corrected chi connectivity index (χ0v) is 23.3. The highest BCUT2D eigenvalue weighted by Gasteiger charge is 2.37. The molecule has 3 heterocycles. The van der Waals surface area contributed by atoms with Crippen molar-refractivity contribution in [3.63, 3.8) is 0 Å². The summed E-state index contributed by atoms with van der Waals surface area (Å²) >= 11 is 0. The minimum atomic E-state index is -4.80. The molecule has 1 aromatic carbocycles. The van der Waals surface area contributed by atoms with E-state index in [0.717, 1.165) is 36.9 Å². The fourth-order valence-corrected chi connectivity index (χ4v) is 4.93. The van der Waals surface area contributed by atoms with Crippen molar-refractivity contribution in [3.8, 4) is 11.5 Å². The molecule has 218 valence electrons. The van der Waals surface area contributed by atoms with Crippen LogP contribution in [0.5, 0.6) is 11.5 Å². The van der Waals surface area contributed by atoms with E-state index in [1.807, 2.05) is 0 Å². The van der Waals surface area contributed by atoms with Crippen LogP contribution in [0.2, 0.25) is 25.7 Å². The summed E-state index contributed by atoms with van der Waals surface area (Å²) in [5.74, 6) is -3.80. The zero-order chi connectivity index (χ0) is 29.1. The van der Waals surface area contributed by atoms with Crippen molar-refractivity contribution in [3.05, 3.63) is 47.8 Å².